The molecular weight excluding hydrogens is 332 g/mol. The van der Waals surface area contributed by atoms with Crippen molar-refractivity contribution < 1.29 is 29.0 Å². The number of halogens is 2. The number of carbonyl (C=O) groups excluding carboxylic acids is 1. The van der Waals surface area contributed by atoms with Crippen LogP contribution in [0.1, 0.15) is 44.6 Å². The molecule has 25 heavy (non-hydrogen) atoms. The highest BCUT2D eigenvalue weighted by molar-refractivity contribution is 5.83. The Morgan fingerprint density at radius 2 is 1.80 bits per heavy atom. The van der Waals surface area contributed by atoms with Crippen molar-refractivity contribution in [2.24, 2.45) is 5.41 Å². The van der Waals surface area contributed by atoms with Crippen molar-refractivity contribution in [3.63, 3.8) is 0 Å². The van der Waals surface area contributed by atoms with Crippen molar-refractivity contribution in [1.29, 1.82) is 0 Å². The summed E-state index contributed by atoms with van der Waals surface area (Å²) in [6.07, 6.45) is -2.76. The lowest BCUT2D eigenvalue weighted by Gasteiger charge is -2.49. The second kappa shape index (κ2) is 7.35. The molecule has 0 spiro atoms. The monoisotopic (exact) mass is 357 g/mol. The number of aliphatic hydroxyl groups excluding tert-OH is 1. The number of hydroxylamine groups is 1. The maximum absolute atomic E-state index is 13.6. The molecule has 1 fully saturated rings. The molecule has 0 radical (unpaired) electrons. The van der Waals surface area contributed by atoms with Gasteiger partial charge in [-0.1, -0.05) is 30.3 Å². The van der Waals surface area contributed by atoms with Gasteiger partial charge in [-0.3, -0.25) is 10.0 Å². The van der Waals surface area contributed by atoms with Crippen LogP contribution in [-0.4, -0.2) is 39.0 Å². The summed E-state index contributed by atoms with van der Waals surface area (Å²) in [6, 6.07) is 8.82. The molecule has 1 aliphatic rings. The molecule has 0 aliphatic heterocycles. The summed E-state index contributed by atoms with van der Waals surface area (Å²) >= 11 is 0. The third-order valence-electron chi connectivity index (χ3n) is 5.23. The number of aliphatic hydroxyl groups is 2. The van der Waals surface area contributed by atoms with Crippen LogP contribution in [-0.2, 0) is 11.2 Å². The predicted molar refractivity (Wildman–Crippen MR) is 87.2 cm³/mol. The molecule has 1 amide bonds. The summed E-state index contributed by atoms with van der Waals surface area (Å²) in [5, 5.41) is 30.4. The average Bonchev–Trinajstić information content (AvgIpc) is 2.57. The molecule has 1 aliphatic carbocycles. The van der Waals surface area contributed by atoms with E-state index in [1.165, 1.54) is 6.92 Å². The molecule has 4 N–H and O–H groups in total. The summed E-state index contributed by atoms with van der Waals surface area (Å²) < 4.78 is 27.2. The summed E-state index contributed by atoms with van der Waals surface area (Å²) in [6.45, 7) is 1.46. The van der Waals surface area contributed by atoms with Crippen LogP contribution in [0.3, 0.4) is 0 Å². The van der Waals surface area contributed by atoms with Crippen LogP contribution in [0.4, 0.5) is 8.78 Å². The molecule has 2 rings (SSSR count). The van der Waals surface area contributed by atoms with Crippen LogP contribution in [0.15, 0.2) is 30.3 Å². The maximum atomic E-state index is 13.6. The Balaban J connectivity index is 2.47. The molecule has 1 saturated carbocycles. The Morgan fingerprint density at radius 3 is 2.28 bits per heavy atom. The van der Waals surface area contributed by atoms with E-state index in [2.05, 4.69) is 0 Å². The zero-order valence-electron chi connectivity index (χ0n) is 14.2. The van der Waals surface area contributed by atoms with Gasteiger partial charge in [0.1, 0.15) is 0 Å². The van der Waals surface area contributed by atoms with Gasteiger partial charge in [0.05, 0.1) is 17.1 Å². The van der Waals surface area contributed by atoms with E-state index in [0.717, 1.165) is 0 Å². The van der Waals surface area contributed by atoms with Crippen molar-refractivity contribution >= 4 is 5.91 Å². The number of alkyl halides is 2. The van der Waals surface area contributed by atoms with Gasteiger partial charge >= 0.3 is 0 Å². The van der Waals surface area contributed by atoms with Crippen LogP contribution < -0.4 is 5.48 Å². The van der Waals surface area contributed by atoms with E-state index in [-0.39, 0.29) is 25.7 Å². The molecule has 0 heterocycles. The smallest absolute Gasteiger partial charge is 0.252 e. The lowest BCUT2D eigenvalue weighted by atomic mass is 9.59. The quantitative estimate of drug-likeness (QED) is 0.465. The molecule has 0 bridgehead atoms. The fraction of sp³-hybridized carbons (Fsp3) is 0.611. The van der Waals surface area contributed by atoms with E-state index in [0.29, 0.717) is 5.56 Å². The molecular formula is C18H25F2NO4. The van der Waals surface area contributed by atoms with Crippen LogP contribution in [0, 0.1) is 5.41 Å². The SMILES string of the molecule is CC(O)CC(Cc1ccccc1)(C(=O)NO)C1(O)CCC(F)(F)CC1. The van der Waals surface area contributed by atoms with E-state index in [4.69, 9.17) is 0 Å². The molecule has 7 heteroatoms. The van der Waals surface area contributed by atoms with E-state index < -0.39 is 41.8 Å². The molecule has 2 unspecified atom stereocenters. The van der Waals surface area contributed by atoms with Gasteiger partial charge in [0.2, 0.25) is 5.92 Å². The Bertz CT molecular complexity index is 584. The second-order valence-corrected chi connectivity index (χ2v) is 7.13. The fourth-order valence-electron chi connectivity index (χ4n) is 3.87. The first kappa shape index (κ1) is 19.8. The number of benzene rings is 1. The first-order valence-corrected chi connectivity index (χ1v) is 8.41. The first-order chi connectivity index (χ1) is 11.6. The lowest BCUT2D eigenvalue weighted by Crippen LogP contribution is -2.61. The van der Waals surface area contributed by atoms with Crippen molar-refractivity contribution in [3.8, 4) is 0 Å². The van der Waals surface area contributed by atoms with Gasteiger partial charge < -0.3 is 10.2 Å². The minimum absolute atomic E-state index is 0.0210. The van der Waals surface area contributed by atoms with Crippen LogP contribution in [0.2, 0.25) is 0 Å². The van der Waals surface area contributed by atoms with Crippen molar-refractivity contribution in [1.82, 2.24) is 5.48 Å². The van der Waals surface area contributed by atoms with Gasteiger partial charge in [0.25, 0.3) is 5.91 Å². The number of carbonyl (C=O) groups is 1. The third kappa shape index (κ3) is 4.16. The Labute approximate surface area is 145 Å². The predicted octanol–water partition coefficient (Wildman–Crippen LogP) is 2.43. The van der Waals surface area contributed by atoms with Crippen LogP contribution >= 0.6 is 0 Å². The molecule has 1 aromatic carbocycles. The highest BCUT2D eigenvalue weighted by Gasteiger charge is 2.58. The second-order valence-electron chi connectivity index (χ2n) is 7.13. The van der Waals surface area contributed by atoms with E-state index in [1.807, 2.05) is 0 Å². The molecule has 140 valence electrons. The molecule has 1 aromatic rings. The fourth-order valence-corrected chi connectivity index (χ4v) is 3.87. The maximum Gasteiger partial charge on any atom is 0.252 e. The zero-order valence-corrected chi connectivity index (χ0v) is 14.2. The Kier molecular flexibility index (Phi) is 5.81. The van der Waals surface area contributed by atoms with E-state index >= 15 is 0 Å². The van der Waals surface area contributed by atoms with Crippen molar-refractivity contribution in [2.75, 3.05) is 0 Å². The van der Waals surface area contributed by atoms with E-state index in [9.17, 15) is 29.0 Å². The van der Waals surface area contributed by atoms with Crippen LogP contribution in [0.5, 0.6) is 0 Å². The van der Waals surface area contributed by atoms with Gasteiger partial charge in [-0.25, -0.2) is 14.3 Å². The summed E-state index contributed by atoms with van der Waals surface area (Å²) in [7, 11) is 0. The van der Waals surface area contributed by atoms with Crippen molar-refractivity contribution in [2.45, 2.75) is 63.1 Å². The molecule has 0 saturated heterocycles. The highest BCUT2D eigenvalue weighted by Crippen LogP contribution is 2.51. The number of nitrogens with one attached hydrogen (secondary N) is 1. The van der Waals surface area contributed by atoms with Gasteiger partial charge in [0, 0.05) is 12.8 Å². The zero-order chi connectivity index (χ0) is 18.7. The highest BCUT2D eigenvalue weighted by atomic mass is 19.3. The number of amides is 1. The molecule has 5 nitrogen and oxygen atoms in total. The summed E-state index contributed by atoms with van der Waals surface area (Å²) in [4.78, 5) is 12.6. The number of hydrogen-bond donors (Lipinski definition) is 4. The summed E-state index contributed by atoms with van der Waals surface area (Å²) in [5.74, 6) is -3.75. The number of hydrogen-bond acceptors (Lipinski definition) is 4. The minimum atomic E-state index is -2.88. The molecule has 2 atom stereocenters. The lowest BCUT2D eigenvalue weighted by molar-refractivity contribution is -0.187. The van der Waals surface area contributed by atoms with Gasteiger partial charge in [0.15, 0.2) is 0 Å². The normalized spacial score (nSPS) is 22.6. The topological polar surface area (TPSA) is 89.8 Å². The Morgan fingerprint density at radius 1 is 1.24 bits per heavy atom. The third-order valence-corrected chi connectivity index (χ3v) is 5.23. The Hall–Kier alpha value is -1.57. The van der Waals surface area contributed by atoms with Crippen molar-refractivity contribution in [3.05, 3.63) is 35.9 Å². The van der Waals surface area contributed by atoms with Gasteiger partial charge in [-0.2, -0.15) is 0 Å². The van der Waals surface area contributed by atoms with Gasteiger partial charge in [-0.15, -0.1) is 0 Å². The average molecular weight is 357 g/mol. The standard InChI is InChI=1S/C18H25F2NO4/c1-13(22)11-16(15(23)21-25,12-14-5-3-2-4-6-14)17(24)7-9-18(19,20)10-8-17/h2-6,13,22,24-25H,7-12H2,1H3,(H,21,23). The van der Waals surface area contributed by atoms with Gasteiger partial charge in [-0.05, 0) is 38.2 Å². The number of rotatable bonds is 6. The minimum Gasteiger partial charge on any atom is -0.393 e. The molecule has 0 aromatic heterocycles. The largest absolute Gasteiger partial charge is 0.393 e. The van der Waals surface area contributed by atoms with Crippen LogP contribution in [0.25, 0.3) is 0 Å². The van der Waals surface area contributed by atoms with E-state index in [1.54, 1.807) is 35.8 Å². The first-order valence-electron chi connectivity index (χ1n) is 8.41. The summed E-state index contributed by atoms with van der Waals surface area (Å²) in [5.41, 5.74) is -1.09.